The molecule has 0 fully saturated rings. The summed E-state index contributed by atoms with van der Waals surface area (Å²) in [7, 11) is 0. The Hall–Kier alpha value is -3.28. The fourth-order valence-corrected chi connectivity index (χ4v) is 3.99. The Balaban J connectivity index is 0.00000231. The average molecular weight is 450 g/mol. The summed E-state index contributed by atoms with van der Waals surface area (Å²) in [4.78, 5) is 29.8. The fourth-order valence-electron chi connectivity index (χ4n) is 3.92. The summed E-state index contributed by atoms with van der Waals surface area (Å²) < 4.78 is 1.86. The molecule has 1 amide bonds. The highest BCUT2D eigenvalue weighted by atomic mass is 35.5. The van der Waals surface area contributed by atoms with E-state index in [1.165, 1.54) is 0 Å². The standard InChI is InChI=1S/C24H16ClN3O2.ClH/c25-13-22(29)27-19-6-4-5-15-12-18-16(11-17(15)19)7-8-20-23(18)24(30)21(14-26-20)28-9-2-1-3-10-28;/h1-12,14,21H,13H2;1H. The van der Waals surface area contributed by atoms with Crippen molar-refractivity contribution in [2.45, 2.75) is 6.04 Å². The molecule has 5 rings (SSSR count). The number of hydrogen-bond acceptors (Lipinski definition) is 3. The molecule has 0 aliphatic carbocycles. The number of anilines is 1. The summed E-state index contributed by atoms with van der Waals surface area (Å²) in [5.41, 5.74) is 1.99. The highest BCUT2D eigenvalue weighted by Crippen LogP contribution is 2.36. The molecule has 5 nitrogen and oxygen atoms in total. The van der Waals surface area contributed by atoms with Crippen LogP contribution in [0.3, 0.4) is 0 Å². The maximum atomic E-state index is 13.4. The van der Waals surface area contributed by atoms with Crippen molar-refractivity contribution >= 4 is 62.4 Å². The van der Waals surface area contributed by atoms with Crippen LogP contribution >= 0.6 is 11.6 Å². The molecule has 1 N–H and O–H groups in total. The SMILES string of the molecule is O=C(CCl)Nc1cccc2cc3c4c(ccc3cc12)N=CC([n+]1ccccc1)C4=O.[Cl-]. The van der Waals surface area contributed by atoms with Crippen molar-refractivity contribution in [2.75, 3.05) is 11.2 Å². The van der Waals surface area contributed by atoms with Gasteiger partial charge < -0.3 is 17.7 Å². The first-order valence-corrected chi connectivity index (χ1v) is 10.1. The quantitative estimate of drug-likeness (QED) is 0.293. The molecular weight excluding hydrogens is 433 g/mol. The van der Waals surface area contributed by atoms with Gasteiger partial charge in [-0.05, 0) is 40.4 Å². The summed E-state index contributed by atoms with van der Waals surface area (Å²) >= 11 is 5.64. The molecular formula is C24H17Cl2N3O2. The van der Waals surface area contributed by atoms with Crippen molar-refractivity contribution < 1.29 is 26.6 Å². The maximum absolute atomic E-state index is 13.4. The van der Waals surface area contributed by atoms with Crippen molar-refractivity contribution in [1.82, 2.24) is 0 Å². The zero-order valence-corrected chi connectivity index (χ0v) is 17.8. The Bertz CT molecular complexity index is 1350. The van der Waals surface area contributed by atoms with Crippen LogP contribution in [0.1, 0.15) is 16.4 Å². The second kappa shape index (κ2) is 8.46. The molecule has 0 saturated heterocycles. The van der Waals surface area contributed by atoms with Crippen molar-refractivity contribution in [3.8, 4) is 0 Å². The number of aromatic nitrogens is 1. The molecule has 1 aliphatic rings. The minimum absolute atomic E-state index is 0. The number of carbonyl (C=O) groups excluding carboxylic acids is 2. The fraction of sp³-hybridized carbons (Fsp3) is 0.0833. The van der Waals surface area contributed by atoms with Gasteiger partial charge in [0, 0.05) is 23.2 Å². The number of pyridine rings is 1. The highest BCUT2D eigenvalue weighted by molar-refractivity contribution is 6.29. The van der Waals surface area contributed by atoms with Crippen LogP contribution < -0.4 is 22.3 Å². The summed E-state index contributed by atoms with van der Waals surface area (Å²) in [6.45, 7) is 0. The Morgan fingerprint density at radius 2 is 1.74 bits per heavy atom. The van der Waals surface area contributed by atoms with Gasteiger partial charge >= 0.3 is 0 Å². The highest BCUT2D eigenvalue weighted by Gasteiger charge is 2.33. The smallest absolute Gasteiger partial charge is 0.256 e. The van der Waals surface area contributed by atoms with Crippen LogP contribution in [0.5, 0.6) is 0 Å². The van der Waals surface area contributed by atoms with Gasteiger partial charge in [0.2, 0.25) is 11.7 Å². The van der Waals surface area contributed by atoms with Gasteiger partial charge in [-0.2, -0.15) is 4.57 Å². The van der Waals surface area contributed by atoms with E-state index in [9.17, 15) is 9.59 Å². The lowest BCUT2D eigenvalue weighted by Crippen LogP contribution is -3.00. The number of nitrogens with one attached hydrogen (secondary N) is 1. The lowest BCUT2D eigenvalue weighted by Gasteiger charge is -2.17. The number of rotatable bonds is 3. The Labute approximate surface area is 189 Å². The monoisotopic (exact) mass is 449 g/mol. The van der Waals surface area contributed by atoms with E-state index in [0.29, 0.717) is 16.9 Å². The van der Waals surface area contributed by atoms with Crippen molar-refractivity contribution in [3.05, 3.63) is 78.6 Å². The Kier molecular flexibility index (Phi) is 5.72. The molecule has 3 aromatic carbocycles. The van der Waals surface area contributed by atoms with Gasteiger partial charge in [0.05, 0.1) is 17.5 Å². The van der Waals surface area contributed by atoms with Crippen LogP contribution in [0.25, 0.3) is 21.5 Å². The number of aliphatic imine (C=N–C) groups is 1. The molecule has 1 aromatic heterocycles. The van der Waals surface area contributed by atoms with E-state index in [2.05, 4.69) is 10.3 Å². The minimum Gasteiger partial charge on any atom is -1.00 e. The van der Waals surface area contributed by atoms with E-state index in [-0.39, 0.29) is 30.0 Å². The molecule has 0 saturated carbocycles. The molecule has 1 atom stereocenters. The first kappa shape index (κ1) is 21.0. The van der Waals surface area contributed by atoms with E-state index in [1.807, 2.05) is 77.6 Å². The number of nitrogens with zero attached hydrogens (tertiary/aromatic N) is 2. The number of fused-ring (bicyclic) bond motifs is 4. The second-order valence-corrected chi connectivity index (χ2v) is 7.42. The van der Waals surface area contributed by atoms with Gasteiger partial charge in [-0.1, -0.05) is 24.3 Å². The predicted octanol–water partition coefficient (Wildman–Crippen LogP) is 1.60. The molecule has 31 heavy (non-hydrogen) atoms. The third kappa shape index (κ3) is 3.67. The lowest BCUT2D eigenvalue weighted by atomic mass is 9.92. The maximum Gasteiger partial charge on any atom is 0.256 e. The molecule has 154 valence electrons. The summed E-state index contributed by atoms with van der Waals surface area (Å²) in [6.07, 6.45) is 5.43. The van der Waals surface area contributed by atoms with Crippen LogP contribution in [-0.4, -0.2) is 23.8 Å². The van der Waals surface area contributed by atoms with Gasteiger partial charge in [0.25, 0.3) is 6.04 Å². The lowest BCUT2D eigenvalue weighted by molar-refractivity contribution is -0.691. The zero-order valence-electron chi connectivity index (χ0n) is 16.3. The van der Waals surface area contributed by atoms with Gasteiger partial charge in [0.1, 0.15) is 5.88 Å². The average Bonchev–Trinajstić information content (AvgIpc) is 2.78. The van der Waals surface area contributed by atoms with Crippen molar-refractivity contribution in [2.24, 2.45) is 4.99 Å². The third-order valence-electron chi connectivity index (χ3n) is 5.32. The van der Waals surface area contributed by atoms with Crippen LogP contribution in [0.2, 0.25) is 0 Å². The molecule has 4 aromatic rings. The molecule has 1 unspecified atom stereocenters. The topological polar surface area (TPSA) is 62.4 Å². The zero-order chi connectivity index (χ0) is 20.7. The third-order valence-corrected chi connectivity index (χ3v) is 5.56. The van der Waals surface area contributed by atoms with Crippen molar-refractivity contribution in [3.63, 3.8) is 0 Å². The number of ketones is 1. The minimum atomic E-state index is -0.477. The predicted molar refractivity (Wildman–Crippen MR) is 119 cm³/mol. The molecule has 0 radical (unpaired) electrons. The molecule has 7 heteroatoms. The van der Waals surface area contributed by atoms with Crippen molar-refractivity contribution in [1.29, 1.82) is 0 Å². The van der Waals surface area contributed by atoms with Gasteiger partial charge in [-0.15, -0.1) is 11.6 Å². The number of Topliss-reactive ketones (excluding diaryl/α,β-unsaturated/α-hetero) is 1. The number of benzene rings is 3. The van der Waals surface area contributed by atoms with Gasteiger partial charge in [-0.25, -0.2) is 0 Å². The number of halogens is 2. The van der Waals surface area contributed by atoms with E-state index in [0.717, 1.165) is 21.5 Å². The summed E-state index contributed by atoms with van der Waals surface area (Å²) in [5, 5.41) is 6.42. The van der Waals surface area contributed by atoms with Crippen LogP contribution in [0, 0.1) is 0 Å². The number of carbonyl (C=O) groups is 2. The normalized spacial score (nSPS) is 14.9. The Morgan fingerprint density at radius 3 is 2.52 bits per heavy atom. The van der Waals surface area contributed by atoms with E-state index < -0.39 is 6.04 Å². The van der Waals surface area contributed by atoms with E-state index in [1.54, 1.807) is 6.21 Å². The number of amides is 1. The van der Waals surface area contributed by atoms with Crippen LogP contribution in [0.4, 0.5) is 11.4 Å². The Morgan fingerprint density at radius 1 is 1.00 bits per heavy atom. The molecule has 0 spiro atoms. The summed E-state index contributed by atoms with van der Waals surface area (Å²) in [6, 6.07) is 18.7. The number of hydrogen-bond donors (Lipinski definition) is 1. The second-order valence-electron chi connectivity index (χ2n) is 7.15. The van der Waals surface area contributed by atoms with Crippen LogP contribution in [0.15, 0.2) is 78.0 Å². The molecule has 0 bridgehead atoms. The summed E-state index contributed by atoms with van der Waals surface area (Å²) in [5.74, 6) is -0.364. The molecule has 1 aliphatic heterocycles. The molecule has 2 heterocycles. The first-order valence-electron chi connectivity index (χ1n) is 9.55. The van der Waals surface area contributed by atoms with E-state index >= 15 is 0 Å². The van der Waals surface area contributed by atoms with Gasteiger partial charge in [-0.3, -0.25) is 14.6 Å². The first-order chi connectivity index (χ1) is 14.7. The largest absolute Gasteiger partial charge is 1.00 e. The van der Waals surface area contributed by atoms with Gasteiger partial charge in [0.15, 0.2) is 12.4 Å². The number of alkyl halides is 1. The van der Waals surface area contributed by atoms with Crippen LogP contribution in [-0.2, 0) is 4.79 Å². The van der Waals surface area contributed by atoms with E-state index in [4.69, 9.17) is 11.6 Å².